The molecule has 0 saturated heterocycles. The van der Waals surface area contributed by atoms with Gasteiger partial charge in [-0.05, 0) is 66.8 Å². The smallest absolute Gasteiger partial charge is 0.256 e. The van der Waals surface area contributed by atoms with Crippen LogP contribution in [0.2, 0.25) is 0 Å². The second-order valence-corrected chi connectivity index (χ2v) is 8.30. The lowest BCUT2D eigenvalue weighted by Gasteiger charge is -2.15. The minimum Gasteiger partial charge on any atom is -0.497 e. The van der Waals surface area contributed by atoms with Gasteiger partial charge in [0.05, 0.1) is 12.6 Å². The van der Waals surface area contributed by atoms with E-state index in [1.807, 2.05) is 61.5 Å². The minimum atomic E-state index is -0.268. The Morgan fingerprint density at radius 2 is 1.65 bits per heavy atom. The van der Waals surface area contributed by atoms with Crippen LogP contribution in [0.25, 0.3) is 10.9 Å². The highest BCUT2D eigenvalue weighted by molar-refractivity contribution is 5.92. The summed E-state index contributed by atoms with van der Waals surface area (Å²) in [6, 6.07) is 23.1. The normalized spacial score (nSPS) is 10.8. The molecule has 0 spiro atoms. The third-order valence-electron chi connectivity index (χ3n) is 5.86. The summed E-state index contributed by atoms with van der Waals surface area (Å²) in [4.78, 5) is 26.3. The molecule has 0 saturated carbocycles. The molecule has 0 bridgehead atoms. The predicted molar refractivity (Wildman–Crippen MR) is 138 cm³/mol. The van der Waals surface area contributed by atoms with Crippen LogP contribution in [0.1, 0.15) is 23.6 Å². The van der Waals surface area contributed by atoms with Crippen molar-refractivity contribution in [2.45, 2.75) is 33.4 Å². The minimum absolute atomic E-state index is 0.102. The number of anilines is 2. The van der Waals surface area contributed by atoms with Gasteiger partial charge in [-0.25, -0.2) is 0 Å². The number of aryl methyl sites for hydroxylation is 2. The van der Waals surface area contributed by atoms with E-state index in [0.717, 1.165) is 23.1 Å². The van der Waals surface area contributed by atoms with Crippen molar-refractivity contribution < 1.29 is 9.53 Å². The van der Waals surface area contributed by atoms with Crippen molar-refractivity contribution in [3.8, 4) is 5.75 Å². The highest BCUT2D eigenvalue weighted by Crippen LogP contribution is 2.21. The first-order chi connectivity index (χ1) is 16.5. The van der Waals surface area contributed by atoms with Gasteiger partial charge in [0.25, 0.3) is 5.56 Å². The topological polar surface area (TPSA) is 72.4 Å². The highest BCUT2D eigenvalue weighted by Gasteiger charge is 2.14. The monoisotopic (exact) mass is 455 g/mol. The van der Waals surface area contributed by atoms with Crippen LogP contribution in [0.15, 0.2) is 77.6 Å². The van der Waals surface area contributed by atoms with Gasteiger partial charge in [0, 0.05) is 29.5 Å². The van der Waals surface area contributed by atoms with Crippen LogP contribution in [0, 0.1) is 6.92 Å². The zero-order valence-corrected chi connectivity index (χ0v) is 19.7. The fraction of sp³-hybridized carbons (Fsp3) is 0.214. The zero-order chi connectivity index (χ0) is 24.1. The Morgan fingerprint density at radius 3 is 2.32 bits per heavy atom. The summed E-state index contributed by atoms with van der Waals surface area (Å²) in [7, 11) is 1.58. The third-order valence-corrected chi connectivity index (χ3v) is 5.86. The second kappa shape index (κ2) is 10.3. The van der Waals surface area contributed by atoms with Gasteiger partial charge in [0.1, 0.15) is 12.3 Å². The summed E-state index contributed by atoms with van der Waals surface area (Å²) >= 11 is 0. The van der Waals surface area contributed by atoms with Crippen molar-refractivity contribution in [2.24, 2.45) is 0 Å². The van der Waals surface area contributed by atoms with Crippen LogP contribution >= 0.6 is 0 Å². The number of hydrogen-bond acceptors (Lipinski definition) is 4. The Bertz CT molecular complexity index is 1360. The number of nitrogens with one attached hydrogen (secondary N) is 2. The van der Waals surface area contributed by atoms with Crippen molar-refractivity contribution in [2.75, 3.05) is 17.7 Å². The molecule has 1 aromatic heterocycles. The number of carbonyl (C=O) groups is 1. The Balaban J connectivity index is 1.64. The number of amides is 1. The van der Waals surface area contributed by atoms with E-state index in [1.165, 1.54) is 10.1 Å². The Kier molecular flexibility index (Phi) is 6.97. The summed E-state index contributed by atoms with van der Waals surface area (Å²) in [5, 5.41) is 7.07. The van der Waals surface area contributed by atoms with Crippen molar-refractivity contribution in [3.63, 3.8) is 0 Å². The molecule has 0 aliphatic heterocycles. The standard InChI is InChI=1S/C28H29N3O3/c1-4-20-7-12-23(13-8-20)29-17-22-15-21-9-14-25(34-3)16-26(21)31(28(22)33)18-27(32)30-24-10-5-19(2)6-11-24/h5-16,29H,4,17-18H2,1-3H3,(H,30,32). The summed E-state index contributed by atoms with van der Waals surface area (Å²) in [5.41, 5.74) is 5.02. The van der Waals surface area contributed by atoms with Gasteiger partial charge in [0.2, 0.25) is 5.91 Å². The van der Waals surface area contributed by atoms with Crippen molar-refractivity contribution in [1.29, 1.82) is 0 Å². The second-order valence-electron chi connectivity index (χ2n) is 8.30. The number of benzene rings is 3. The molecular formula is C28H29N3O3. The first kappa shape index (κ1) is 23.1. The summed E-state index contributed by atoms with van der Waals surface area (Å²) in [6.07, 6.45) is 0.976. The number of aromatic nitrogens is 1. The van der Waals surface area contributed by atoms with E-state index in [1.54, 1.807) is 13.2 Å². The Morgan fingerprint density at radius 1 is 0.941 bits per heavy atom. The summed E-state index contributed by atoms with van der Waals surface area (Å²) in [5.74, 6) is 0.358. The number of fused-ring (bicyclic) bond motifs is 1. The molecule has 0 radical (unpaired) electrons. The molecule has 0 fully saturated rings. The number of nitrogens with zero attached hydrogens (tertiary/aromatic N) is 1. The molecule has 0 atom stereocenters. The molecule has 4 aromatic rings. The molecular weight excluding hydrogens is 426 g/mol. The van der Waals surface area contributed by atoms with E-state index in [4.69, 9.17) is 4.74 Å². The van der Waals surface area contributed by atoms with E-state index >= 15 is 0 Å². The van der Waals surface area contributed by atoms with Crippen molar-refractivity contribution in [3.05, 3.63) is 99.8 Å². The lowest BCUT2D eigenvalue weighted by atomic mass is 10.1. The van der Waals surface area contributed by atoms with Gasteiger partial charge in [-0.1, -0.05) is 36.8 Å². The molecule has 4 rings (SSSR count). The lowest BCUT2D eigenvalue weighted by Crippen LogP contribution is -2.30. The number of hydrogen-bond donors (Lipinski definition) is 2. The molecule has 6 heteroatoms. The SMILES string of the molecule is CCc1ccc(NCc2cc3ccc(OC)cc3n(CC(=O)Nc3ccc(C)cc3)c2=O)cc1. The molecule has 1 heterocycles. The van der Waals surface area contributed by atoms with E-state index in [9.17, 15) is 9.59 Å². The number of rotatable bonds is 8. The van der Waals surface area contributed by atoms with Gasteiger partial charge in [0.15, 0.2) is 0 Å². The number of carbonyl (C=O) groups excluding carboxylic acids is 1. The fourth-order valence-electron chi connectivity index (χ4n) is 3.86. The third kappa shape index (κ3) is 5.29. The van der Waals surface area contributed by atoms with E-state index in [2.05, 4.69) is 29.7 Å². The largest absolute Gasteiger partial charge is 0.497 e. The van der Waals surface area contributed by atoms with Gasteiger partial charge in [-0.3, -0.25) is 14.2 Å². The first-order valence-electron chi connectivity index (χ1n) is 11.4. The summed E-state index contributed by atoms with van der Waals surface area (Å²) < 4.78 is 6.87. The van der Waals surface area contributed by atoms with Gasteiger partial charge in [-0.15, -0.1) is 0 Å². The molecule has 0 aliphatic rings. The Labute approximate surface area is 199 Å². The molecule has 0 unspecified atom stereocenters. The number of methoxy groups -OCH3 is 1. The predicted octanol–water partition coefficient (Wildman–Crippen LogP) is 5.13. The zero-order valence-electron chi connectivity index (χ0n) is 19.7. The molecule has 174 valence electrons. The van der Waals surface area contributed by atoms with E-state index < -0.39 is 0 Å². The first-order valence-corrected chi connectivity index (χ1v) is 11.4. The Hall–Kier alpha value is -4.06. The van der Waals surface area contributed by atoms with Crippen molar-refractivity contribution in [1.82, 2.24) is 4.57 Å². The molecule has 6 nitrogen and oxygen atoms in total. The molecule has 3 aromatic carbocycles. The van der Waals surface area contributed by atoms with Crippen LogP contribution in [0.3, 0.4) is 0 Å². The van der Waals surface area contributed by atoms with Crippen LogP contribution in [-0.2, 0) is 24.3 Å². The van der Waals surface area contributed by atoms with Gasteiger partial charge in [-0.2, -0.15) is 0 Å². The van der Waals surface area contributed by atoms with E-state index in [0.29, 0.717) is 29.1 Å². The average Bonchev–Trinajstić information content (AvgIpc) is 2.86. The molecule has 1 amide bonds. The van der Waals surface area contributed by atoms with Gasteiger partial charge < -0.3 is 15.4 Å². The molecule has 2 N–H and O–H groups in total. The van der Waals surface area contributed by atoms with Crippen molar-refractivity contribution >= 4 is 28.2 Å². The maximum Gasteiger partial charge on any atom is 0.256 e. The van der Waals surface area contributed by atoms with Gasteiger partial charge >= 0.3 is 0 Å². The average molecular weight is 456 g/mol. The maximum atomic E-state index is 13.4. The number of ether oxygens (including phenoxy) is 1. The van der Waals surface area contributed by atoms with Crippen LogP contribution in [-0.4, -0.2) is 17.6 Å². The molecule has 34 heavy (non-hydrogen) atoms. The maximum absolute atomic E-state index is 13.4. The molecule has 0 aliphatic carbocycles. The van der Waals surface area contributed by atoms with Crippen LogP contribution in [0.4, 0.5) is 11.4 Å². The highest BCUT2D eigenvalue weighted by atomic mass is 16.5. The van der Waals surface area contributed by atoms with Crippen LogP contribution < -0.4 is 20.9 Å². The number of pyridine rings is 1. The van der Waals surface area contributed by atoms with Crippen LogP contribution in [0.5, 0.6) is 5.75 Å². The quantitative estimate of drug-likeness (QED) is 0.386. The summed E-state index contributed by atoms with van der Waals surface area (Å²) in [6.45, 7) is 4.35. The van der Waals surface area contributed by atoms with E-state index in [-0.39, 0.29) is 18.0 Å². The fourth-order valence-corrected chi connectivity index (χ4v) is 3.86. The lowest BCUT2D eigenvalue weighted by molar-refractivity contribution is -0.116.